The average molecular weight is 256 g/mol. The van der Waals surface area contributed by atoms with Crippen LogP contribution >= 0.6 is 0 Å². The van der Waals surface area contributed by atoms with Crippen molar-refractivity contribution < 1.29 is 14.3 Å². The Kier molecular flexibility index (Phi) is 6.12. The van der Waals surface area contributed by atoms with Gasteiger partial charge in [0.15, 0.2) is 0 Å². The van der Waals surface area contributed by atoms with Gasteiger partial charge in [0, 0.05) is 26.1 Å². The highest BCUT2D eigenvalue weighted by Crippen LogP contribution is 2.05. The average Bonchev–Trinajstić information content (AvgIpc) is 2.41. The lowest BCUT2D eigenvalue weighted by atomic mass is 10.2. The molecule has 1 aliphatic rings. The van der Waals surface area contributed by atoms with Gasteiger partial charge in [-0.25, -0.2) is 0 Å². The summed E-state index contributed by atoms with van der Waals surface area (Å²) in [7, 11) is 0. The lowest BCUT2D eigenvalue weighted by Gasteiger charge is -2.22. The van der Waals surface area contributed by atoms with E-state index in [4.69, 9.17) is 4.74 Å². The number of hydrogen-bond donors (Lipinski definition) is 1. The van der Waals surface area contributed by atoms with Gasteiger partial charge in [-0.15, -0.1) is 0 Å². The Labute approximate surface area is 109 Å². The van der Waals surface area contributed by atoms with Crippen LogP contribution in [-0.2, 0) is 14.3 Å². The van der Waals surface area contributed by atoms with Gasteiger partial charge in [-0.1, -0.05) is 0 Å². The van der Waals surface area contributed by atoms with E-state index in [0.717, 1.165) is 19.4 Å². The van der Waals surface area contributed by atoms with Crippen LogP contribution in [0.3, 0.4) is 0 Å². The van der Waals surface area contributed by atoms with Crippen LogP contribution in [0.1, 0.15) is 40.0 Å². The summed E-state index contributed by atoms with van der Waals surface area (Å²) in [5.74, 6) is -0.0212. The predicted molar refractivity (Wildman–Crippen MR) is 69.1 cm³/mol. The van der Waals surface area contributed by atoms with E-state index < -0.39 is 6.04 Å². The standard InChI is InChI=1S/C13H24N2O3/c1-10(2)18-9-5-4-7-15-8-6-12(16)14-11(3)13(15)17/h10-11H,4-9H2,1-3H3,(H,14,16). The third kappa shape index (κ3) is 5.04. The predicted octanol–water partition coefficient (Wildman–Crippen LogP) is 0.929. The first-order valence-electron chi connectivity index (χ1n) is 6.70. The molecule has 0 aromatic rings. The molecule has 5 nitrogen and oxygen atoms in total. The molecule has 5 heteroatoms. The lowest BCUT2D eigenvalue weighted by molar-refractivity contribution is -0.133. The topological polar surface area (TPSA) is 58.6 Å². The number of nitrogens with one attached hydrogen (secondary N) is 1. The van der Waals surface area contributed by atoms with E-state index in [1.54, 1.807) is 11.8 Å². The molecule has 1 N–H and O–H groups in total. The normalized spacial score (nSPS) is 21.1. The molecular weight excluding hydrogens is 232 g/mol. The fourth-order valence-corrected chi connectivity index (χ4v) is 1.94. The van der Waals surface area contributed by atoms with Crippen LogP contribution in [0.25, 0.3) is 0 Å². The Morgan fingerprint density at radius 1 is 1.39 bits per heavy atom. The molecule has 1 unspecified atom stereocenters. The summed E-state index contributed by atoms with van der Waals surface area (Å²) in [5, 5.41) is 2.68. The first-order chi connectivity index (χ1) is 8.50. The van der Waals surface area contributed by atoms with Crippen LogP contribution in [0.2, 0.25) is 0 Å². The second kappa shape index (κ2) is 7.36. The first kappa shape index (κ1) is 15.0. The number of rotatable bonds is 6. The molecule has 0 aromatic heterocycles. The first-order valence-corrected chi connectivity index (χ1v) is 6.70. The van der Waals surface area contributed by atoms with Crippen LogP contribution in [0.4, 0.5) is 0 Å². The molecule has 0 spiro atoms. The largest absolute Gasteiger partial charge is 0.379 e. The van der Waals surface area contributed by atoms with Crippen molar-refractivity contribution in [2.24, 2.45) is 0 Å². The van der Waals surface area contributed by atoms with Gasteiger partial charge in [-0.2, -0.15) is 0 Å². The fourth-order valence-electron chi connectivity index (χ4n) is 1.94. The van der Waals surface area contributed by atoms with E-state index in [2.05, 4.69) is 5.32 Å². The van der Waals surface area contributed by atoms with E-state index in [1.165, 1.54) is 0 Å². The highest BCUT2D eigenvalue weighted by Gasteiger charge is 2.25. The third-order valence-electron chi connectivity index (χ3n) is 2.94. The van der Waals surface area contributed by atoms with Gasteiger partial charge in [0.05, 0.1) is 6.10 Å². The molecule has 0 saturated carbocycles. The smallest absolute Gasteiger partial charge is 0.244 e. The molecule has 104 valence electrons. The molecule has 1 rings (SSSR count). The van der Waals surface area contributed by atoms with Crippen LogP contribution in [0.5, 0.6) is 0 Å². The molecule has 1 aliphatic heterocycles. The number of carbonyl (C=O) groups excluding carboxylic acids is 2. The third-order valence-corrected chi connectivity index (χ3v) is 2.94. The number of unbranched alkanes of at least 4 members (excludes halogenated alkanes) is 1. The zero-order chi connectivity index (χ0) is 13.5. The van der Waals surface area contributed by atoms with Gasteiger partial charge in [0.1, 0.15) is 6.04 Å². The zero-order valence-electron chi connectivity index (χ0n) is 11.6. The lowest BCUT2D eigenvalue weighted by Crippen LogP contribution is -2.42. The molecular formula is C13H24N2O3. The minimum atomic E-state index is -0.396. The second-order valence-corrected chi connectivity index (χ2v) is 4.99. The highest BCUT2D eigenvalue weighted by atomic mass is 16.5. The summed E-state index contributed by atoms with van der Waals surface area (Å²) in [6, 6.07) is -0.396. The summed E-state index contributed by atoms with van der Waals surface area (Å²) >= 11 is 0. The Hall–Kier alpha value is -1.10. The van der Waals surface area contributed by atoms with Crippen molar-refractivity contribution in [2.45, 2.75) is 52.2 Å². The van der Waals surface area contributed by atoms with Crippen molar-refractivity contribution in [2.75, 3.05) is 19.7 Å². The minimum Gasteiger partial charge on any atom is -0.379 e. The Morgan fingerprint density at radius 2 is 2.11 bits per heavy atom. The van der Waals surface area contributed by atoms with Crippen LogP contribution in [0.15, 0.2) is 0 Å². The summed E-state index contributed by atoms with van der Waals surface area (Å²) in [4.78, 5) is 25.0. The Morgan fingerprint density at radius 3 is 2.78 bits per heavy atom. The molecule has 0 aromatic carbocycles. The van der Waals surface area contributed by atoms with E-state index in [0.29, 0.717) is 19.5 Å². The van der Waals surface area contributed by atoms with Gasteiger partial charge >= 0.3 is 0 Å². The summed E-state index contributed by atoms with van der Waals surface area (Å²) in [5.41, 5.74) is 0. The molecule has 18 heavy (non-hydrogen) atoms. The minimum absolute atomic E-state index is 0.0191. The monoisotopic (exact) mass is 256 g/mol. The van der Waals surface area contributed by atoms with Crippen molar-refractivity contribution in [3.63, 3.8) is 0 Å². The summed E-state index contributed by atoms with van der Waals surface area (Å²) < 4.78 is 5.45. The maximum atomic E-state index is 11.9. The summed E-state index contributed by atoms with van der Waals surface area (Å²) in [6.45, 7) is 7.72. The van der Waals surface area contributed by atoms with E-state index in [1.807, 2.05) is 13.8 Å². The molecule has 1 saturated heterocycles. The van der Waals surface area contributed by atoms with E-state index >= 15 is 0 Å². The van der Waals surface area contributed by atoms with Crippen molar-refractivity contribution >= 4 is 11.8 Å². The highest BCUT2D eigenvalue weighted by molar-refractivity contribution is 5.89. The van der Waals surface area contributed by atoms with Crippen LogP contribution < -0.4 is 5.32 Å². The van der Waals surface area contributed by atoms with Gasteiger partial charge in [-0.3, -0.25) is 9.59 Å². The molecule has 0 radical (unpaired) electrons. The van der Waals surface area contributed by atoms with Gasteiger partial charge in [0.25, 0.3) is 0 Å². The van der Waals surface area contributed by atoms with Gasteiger partial charge in [-0.05, 0) is 33.6 Å². The number of hydrogen-bond acceptors (Lipinski definition) is 3. The van der Waals surface area contributed by atoms with Gasteiger partial charge in [0.2, 0.25) is 11.8 Å². The molecule has 2 amide bonds. The maximum Gasteiger partial charge on any atom is 0.244 e. The molecule has 1 fully saturated rings. The molecule has 0 aliphatic carbocycles. The zero-order valence-corrected chi connectivity index (χ0v) is 11.6. The SMILES string of the molecule is CC(C)OCCCCN1CCC(=O)NC(C)C1=O. The number of amides is 2. The molecule has 1 heterocycles. The molecule has 1 atom stereocenters. The van der Waals surface area contributed by atoms with Crippen LogP contribution in [-0.4, -0.2) is 48.6 Å². The van der Waals surface area contributed by atoms with Crippen LogP contribution in [0, 0.1) is 0 Å². The number of ether oxygens (including phenoxy) is 1. The summed E-state index contributed by atoms with van der Waals surface area (Å²) in [6.07, 6.45) is 2.52. The van der Waals surface area contributed by atoms with Gasteiger partial charge < -0.3 is 15.0 Å². The fraction of sp³-hybridized carbons (Fsp3) is 0.846. The Bertz CT molecular complexity index is 292. The van der Waals surface area contributed by atoms with Crippen molar-refractivity contribution in [3.8, 4) is 0 Å². The van der Waals surface area contributed by atoms with E-state index in [-0.39, 0.29) is 17.9 Å². The molecule has 0 bridgehead atoms. The van der Waals surface area contributed by atoms with Crippen molar-refractivity contribution in [1.29, 1.82) is 0 Å². The number of carbonyl (C=O) groups is 2. The van der Waals surface area contributed by atoms with Crippen molar-refractivity contribution in [3.05, 3.63) is 0 Å². The van der Waals surface area contributed by atoms with Crippen molar-refractivity contribution in [1.82, 2.24) is 10.2 Å². The quantitative estimate of drug-likeness (QED) is 0.719. The Balaban J connectivity index is 2.27. The second-order valence-electron chi connectivity index (χ2n) is 4.99. The maximum absolute atomic E-state index is 11.9. The number of nitrogens with zero attached hydrogens (tertiary/aromatic N) is 1. The van der Waals surface area contributed by atoms with E-state index in [9.17, 15) is 9.59 Å².